The lowest BCUT2D eigenvalue weighted by Gasteiger charge is -2.39. The first-order chi connectivity index (χ1) is 8.59. The summed E-state index contributed by atoms with van der Waals surface area (Å²) >= 11 is 0. The fourth-order valence-electron chi connectivity index (χ4n) is 2.02. The van der Waals surface area contributed by atoms with Crippen LogP contribution in [0.4, 0.5) is 0 Å². The fraction of sp³-hybridized carbons (Fsp3) is 0.538. The Morgan fingerprint density at radius 1 is 1.11 bits per heavy atom. The molecule has 0 amide bonds. The molecule has 5 atom stereocenters. The van der Waals surface area contributed by atoms with E-state index in [1.54, 1.807) is 6.92 Å². The molecule has 0 saturated carbocycles. The van der Waals surface area contributed by atoms with E-state index in [9.17, 15) is 15.3 Å². The van der Waals surface area contributed by atoms with Gasteiger partial charge in [0.25, 0.3) is 0 Å². The van der Waals surface area contributed by atoms with Gasteiger partial charge in [0.1, 0.15) is 18.3 Å². The fourth-order valence-corrected chi connectivity index (χ4v) is 2.02. The Labute approximate surface area is 106 Å². The highest BCUT2D eigenvalue weighted by Crippen LogP contribution is 2.23. The van der Waals surface area contributed by atoms with E-state index in [4.69, 9.17) is 9.47 Å². The molecule has 18 heavy (non-hydrogen) atoms. The number of hydrogen-bond acceptors (Lipinski definition) is 5. The number of rotatable bonds is 3. The molecule has 3 N–H and O–H groups in total. The summed E-state index contributed by atoms with van der Waals surface area (Å²) < 4.78 is 10.7. The highest BCUT2D eigenvalue weighted by Gasteiger charge is 2.42. The lowest BCUT2D eigenvalue weighted by Crippen LogP contribution is -2.57. The topological polar surface area (TPSA) is 79.2 Å². The smallest absolute Gasteiger partial charge is 0.183 e. The molecular formula is C13H18O5. The first kappa shape index (κ1) is 13.5. The molecular weight excluding hydrogens is 236 g/mol. The molecule has 1 aliphatic rings. The van der Waals surface area contributed by atoms with Crippen molar-refractivity contribution in [3.8, 4) is 0 Å². The second-order valence-electron chi connectivity index (χ2n) is 4.47. The molecule has 2 rings (SSSR count). The third-order valence-electron chi connectivity index (χ3n) is 3.08. The van der Waals surface area contributed by atoms with E-state index in [0.29, 0.717) is 6.61 Å². The van der Waals surface area contributed by atoms with Gasteiger partial charge in [0.05, 0.1) is 12.7 Å². The zero-order valence-electron chi connectivity index (χ0n) is 10.1. The first-order valence-corrected chi connectivity index (χ1v) is 5.95. The van der Waals surface area contributed by atoms with Gasteiger partial charge in [-0.05, 0) is 12.5 Å². The minimum atomic E-state index is -1.37. The number of aliphatic hydroxyl groups excluding tert-OH is 3. The summed E-state index contributed by atoms with van der Waals surface area (Å²) in [5.41, 5.74) is 0.970. The molecule has 5 heteroatoms. The van der Waals surface area contributed by atoms with Gasteiger partial charge in [-0.15, -0.1) is 0 Å². The predicted octanol–water partition coefficient (Wildman–Crippen LogP) is 0.0307. The van der Waals surface area contributed by atoms with Crippen LogP contribution < -0.4 is 0 Å². The molecule has 0 bridgehead atoms. The lowest BCUT2D eigenvalue weighted by molar-refractivity contribution is -0.287. The zero-order valence-corrected chi connectivity index (χ0v) is 10.1. The monoisotopic (exact) mass is 254 g/mol. The standard InChI is InChI=1S/C13H18O5/c1-8-12(10(14)11(15)13(16)18-8)17-7-9-5-3-2-4-6-9/h2-6,8,10-16H,7H2,1H3. The Kier molecular flexibility index (Phi) is 4.31. The quantitative estimate of drug-likeness (QED) is 0.709. The minimum absolute atomic E-state index is 0.319. The van der Waals surface area contributed by atoms with Crippen LogP contribution in [0.1, 0.15) is 12.5 Å². The Morgan fingerprint density at radius 2 is 1.78 bits per heavy atom. The van der Waals surface area contributed by atoms with Crippen molar-refractivity contribution < 1.29 is 24.8 Å². The number of hydrogen-bond donors (Lipinski definition) is 3. The van der Waals surface area contributed by atoms with Gasteiger partial charge < -0.3 is 24.8 Å². The largest absolute Gasteiger partial charge is 0.387 e. The number of ether oxygens (including phenoxy) is 2. The lowest BCUT2D eigenvalue weighted by atomic mass is 10.00. The van der Waals surface area contributed by atoms with Crippen molar-refractivity contribution in [1.29, 1.82) is 0 Å². The van der Waals surface area contributed by atoms with E-state index in [0.717, 1.165) is 5.56 Å². The van der Waals surface area contributed by atoms with Crippen LogP contribution >= 0.6 is 0 Å². The van der Waals surface area contributed by atoms with E-state index in [1.165, 1.54) is 0 Å². The normalized spacial score (nSPS) is 36.6. The van der Waals surface area contributed by atoms with Gasteiger partial charge in [0, 0.05) is 0 Å². The molecule has 1 saturated heterocycles. The summed E-state index contributed by atoms with van der Waals surface area (Å²) in [6.45, 7) is 2.01. The van der Waals surface area contributed by atoms with Crippen molar-refractivity contribution >= 4 is 0 Å². The average Bonchev–Trinajstić information content (AvgIpc) is 2.37. The van der Waals surface area contributed by atoms with Gasteiger partial charge in [-0.25, -0.2) is 0 Å². The summed E-state index contributed by atoms with van der Waals surface area (Å²) in [6.07, 6.45) is -5.02. The second kappa shape index (κ2) is 5.77. The summed E-state index contributed by atoms with van der Waals surface area (Å²) in [6, 6.07) is 9.52. The maximum atomic E-state index is 9.84. The van der Waals surface area contributed by atoms with Crippen LogP contribution in [-0.4, -0.2) is 46.0 Å². The van der Waals surface area contributed by atoms with Crippen molar-refractivity contribution in [2.75, 3.05) is 0 Å². The van der Waals surface area contributed by atoms with Gasteiger partial charge in [0.15, 0.2) is 6.29 Å². The van der Waals surface area contributed by atoms with Crippen molar-refractivity contribution in [2.24, 2.45) is 0 Å². The van der Waals surface area contributed by atoms with E-state index < -0.39 is 30.7 Å². The summed E-state index contributed by atoms with van der Waals surface area (Å²) in [4.78, 5) is 0. The first-order valence-electron chi connectivity index (χ1n) is 5.95. The predicted molar refractivity (Wildman–Crippen MR) is 63.6 cm³/mol. The van der Waals surface area contributed by atoms with Crippen LogP contribution in [-0.2, 0) is 16.1 Å². The van der Waals surface area contributed by atoms with Gasteiger partial charge in [-0.3, -0.25) is 0 Å². The highest BCUT2D eigenvalue weighted by atomic mass is 16.6. The van der Waals surface area contributed by atoms with Gasteiger partial charge in [-0.2, -0.15) is 0 Å². The molecule has 0 aromatic heterocycles. The van der Waals surface area contributed by atoms with Crippen molar-refractivity contribution in [3.63, 3.8) is 0 Å². The molecule has 0 aliphatic carbocycles. The summed E-state index contributed by atoms with van der Waals surface area (Å²) in [7, 11) is 0. The molecule has 1 heterocycles. The Bertz CT molecular complexity index is 369. The highest BCUT2D eigenvalue weighted by molar-refractivity contribution is 5.13. The SMILES string of the molecule is CC1OC(O)C(O)C(O)C1OCc1ccccc1. The van der Waals surface area contributed by atoms with Crippen molar-refractivity contribution in [1.82, 2.24) is 0 Å². The van der Waals surface area contributed by atoms with Crippen LogP contribution in [0.3, 0.4) is 0 Å². The third-order valence-corrected chi connectivity index (χ3v) is 3.08. The van der Waals surface area contributed by atoms with Crippen LogP contribution in [0.25, 0.3) is 0 Å². The van der Waals surface area contributed by atoms with Crippen LogP contribution in [0.2, 0.25) is 0 Å². The van der Waals surface area contributed by atoms with Crippen LogP contribution in [0, 0.1) is 0 Å². The maximum Gasteiger partial charge on any atom is 0.183 e. The molecule has 5 unspecified atom stereocenters. The van der Waals surface area contributed by atoms with Crippen molar-refractivity contribution in [2.45, 2.75) is 44.2 Å². The summed E-state index contributed by atoms with van der Waals surface area (Å²) in [5.74, 6) is 0. The van der Waals surface area contributed by atoms with Crippen LogP contribution in [0.5, 0.6) is 0 Å². The van der Waals surface area contributed by atoms with Gasteiger partial charge in [-0.1, -0.05) is 30.3 Å². The van der Waals surface area contributed by atoms with E-state index in [-0.39, 0.29) is 0 Å². The van der Waals surface area contributed by atoms with E-state index >= 15 is 0 Å². The molecule has 0 radical (unpaired) electrons. The zero-order chi connectivity index (χ0) is 13.1. The molecule has 100 valence electrons. The molecule has 1 aromatic rings. The summed E-state index contributed by atoms with van der Waals surface area (Å²) in [5, 5.41) is 28.7. The molecule has 1 fully saturated rings. The molecule has 1 aromatic carbocycles. The van der Waals surface area contributed by atoms with Gasteiger partial charge >= 0.3 is 0 Å². The Balaban J connectivity index is 1.96. The van der Waals surface area contributed by atoms with Crippen molar-refractivity contribution in [3.05, 3.63) is 35.9 Å². The Morgan fingerprint density at radius 3 is 2.44 bits per heavy atom. The molecule has 0 spiro atoms. The van der Waals surface area contributed by atoms with E-state index in [2.05, 4.69) is 0 Å². The van der Waals surface area contributed by atoms with Crippen LogP contribution in [0.15, 0.2) is 30.3 Å². The molecule has 5 nitrogen and oxygen atoms in total. The van der Waals surface area contributed by atoms with Gasteiger partial charge in [0.2, 0.25) is 0 Å². The van der Waals surface area contributed by atoms with E-state index in [1.807, 2.05) is 30.3 Å². The number of benzene rings is 1. The Hall–Kier alpha value is -0.980. The minimum Gasteiger partial charge on any atom is -0.387 e. The third kappa shape index (κ3) is 2.88. The average molecular weight is 254 g/mol. The second-order valence-corrected chi connectivity index (χ2v) is 4.47. The molecule has 1 aliphatic heterocycles. The number of aliphatic hydroxyl groups is 3. The maximum absolute atomic E-state index is 9.84.